The maximum atomic E-state index is 12.8. The molecule has 0 bridgehead atoms. The summed E-state index contributed by atoms with van der Waals surface area (Å²) in [5.41, 5.74) is 0. The Kier molecular flexibility index (Phi) is 14.5. The van der Waals surface area contributed by atoms with Crippen LogP contribution in [0.4, 0.5) is 4.79 Å². The highest BCUT2D eigenvalue weighted by atomic mass is 31.2. The number of phosphoric ester groups is 1. The number of nitrogens with zero attached hydrogens (tertiary/aromatic N) is 2. The molecule has 0 aromatic heterocycles. The van der Waals surface area contributed by atoms with E-state index in [4.69, 9.17) is 13.8 Å². The van der Waals surface area contributed by atoms with Crippen molar-refractivity contribution < 1.29 is 37.3 Å². The molecule has 1 unspecified atom stereocenters. The first kappa shape index (κ1) is 31.0. The molecule has 0 aromatic rings. The van der Waals surface area contributed by atoms with Gasteiger partial charge in [-0.25, -0.2) is 14.3 Å². The van der Waals surface area contributed by atoms with Gasteiger partial charge in [0.1, 0.15) is 19.3 Å². The van der Waals surface area contributed by atoms with Crippen LogP contribution >= 0.6 is 7.82 Å². The molecule has 0 aliphatic carbocycles. The summed E-state index contributed by atoms with van der Waals surface area (Å²) in [4.78, 5) is 36.4. The first-order chi connectivity index (χ1) is 16.0. The monoisotopic (exact) mass is 507 g/mol. The molecule has 0 radical (unpaired) electrons. The second-order valence-corrected chi connectivity index (χ2v) is 11.7. The number of quaternary nitrogens is 1. The van der Waals surface area contributed by atoms with Crippen LogP contribution in [0, 0.1) is 0 Å². The van der Waals surface area contributed by atoms with Gasteiger partial charge >= 0.3 is 13.9 Å². The lowest BCUT2D eigenvalue weighted by atomic mass is 10.0. The lowest BCUT2D eigenvalue weighted by molar-refractivity contribution is -0.870. The van der Waals surface area contributed by atoms with Crippen LogP contribution in [0.2, 0.25) is 0 Å². The van der Waals surface area contributed by atoms with E-state index in [1.807, 2.05) is 28.1 Å². The first-order valence-electron chi connectivity index (χ1n) is 13.0. The molecular formula is C24H48N2O7P+. The average molecular weight is 508 g/mol. The summed E-state index contributed by atoms with van der Waals surface area (Å²) in [7, 11) is 1.55. The average Bonchev–Trinajstić information content (AvgIpc) is 3.05. The molecule has 34 heavy (non-hydrogen) atoms. The van der Waals surface area contributed by atoms with Crippen molar-refractivity contribution in [1.29, 1.82) is 0 Å². The van der Waals surface area contributed by atoms with E-state index in [-0.39, 0.29) is 19.1 Å². The normalized spacial score (nSPS) is 20.4. The van der Waals surface area contributed by atoms with Crippen LogP contribution in [0.15, 0.2) is 0 Å². The van der Waals surface area contributed by atoms with Gasteiger partial charge in [0.15, 0.2) is 0 Å². The zero-order valence-corrected chi connectivity index (χ0v) is 22.9. The van der Waals surface area contributed by atoms with E-state index in [1.165, 1.54) is 43.4 Å². The quantitative estimate of drug-likeness (QED) is 0.144. The Morgan fingerprint density at radius 1 is 1.00 bits per heavy atom. The van der Waals surface area contributed by atoms with Crippen molar-refractivity contribution in [3.8, 4) is 0 Å². The van der Waals surface area contributed by atoms with Crippen molar-refractivity contribution in [2.75, 3.05) is 40.9 Å². The fourth-order valence-corrected chi connectivity index (χ4v) is 4.67. The van der Waals surface area contributed by atoms with Gasteiger partial charge in [0, 0.05) is 6.42 Å². The Morgan fingerprint density at radius 3 is 2.15 bits per heavy atom. The number of hydrogen-bond donors (Lipinski definition) is 1. The van der Waals surface area contributed by atoms with E-state index in [9.17, 15) is 19.0 Å². The molecule has 0 spiro atoms. The molecule has 1 fully saturated rings. The molecule has 0 aromatic carbocycles. The summed E-state index contributed by atoms with van der Waals surface area (Å²) < 4.78 is 28.3. The van der Waals surface area contributed by atoms with Crippen molar-refractivity contribution in [2.24, 2.45) is 0 Å². The van der Waals surface area contributed by atoms with Crippen LogP contribution in [0.5, 0.6) is 0 Å². The van der Waals surface area contributed by atoms with E-state index in [1.54, 1.807) is 0 Å². The molecule has 1 N–H and O–H groups in total. The van der Waals surface area contributed by atoms with Crippen LogP contribution < -0.4 is 0 Å². The number of ether oxygens (including phenoxy) is 1. The van der Waals surface area contributed by atoms with Gasteiger partial charge in [0.05, 0.1) is 33.8 Å². The van der Waals surface area contributed by atoms with E-state index in [0.717, 1.165) is 25.7 Å². The largest absolute Gasteiger partial charge is 0.472 e. The molecule has 1 rings (SSSR count). The predicted molar refractivity (Wildman–Crippen MR) is 132 cm³/mol. The van der Waals surface area contributed by atoms with E-state index in [0.29, 0.717) is 23.9 Å². The number of likely N-dealkylation sites (N-methyl/N-ethyl adjacent to an activating group) is 1. The second kappa shape index (κ2) is 15.9. The van der Waals surface area contributed by atoms with Gasteiger partial charge in [0.25, 0.3) is 0 Å². The van der Waals surface area contributed by atoms with Crippen molar-refractivity contribution in [3.63, 3.8) is 0 Å². The van der Waals surface area contributed by atoms with Crippen molar-refractivity contribution in [2.45, 2.75) is 103 Å². The number of rotatable bonds is 19. The van der Waals surface area contributed by atoms with Gasteiger partial charge in [-0.05, 0) is 12.8 Å². The number of amides is 2. The zero-order valence-electron chi connectivity index (χ0n) is 22.0. The number of carbonyl (C=O) groups excluding carboxylic acids is 2. The molecule has 3 atom stereocenters. The van der Waals surface area contributed by atoms with E-state index >= 15 is 0 Å². The highest BCUT2D eigenvalue weighted by molar-refractivity contribution is 7.47. The summed E-state index contributed by atoms with van der Waals surface area (Å²) in [5.74, 6) is -0.250. The van der Waals surface area contributed by atoms with Crippen molar-refractivity contribution in [3.05, 3.63) is 0 Å². The zero-order chi connectivity index (χ0) is 25.6. The number of phosphoric acid groups is 1. The van der Waals surface area contributed by atoms with Gasteiger partial charge in [-0.15, -0.1) is 0 Å². The Bertz CT molecular complexity index is 654. The molecule has 1 heterocycles. The van der Waals surface area contributed by atoms with Crippen LogP contribution in [0.3, 0.4) is 0 Å². The number of unbranched alkanes of at least 4 members (excludes halogenated alkanes) is 8. The van der Waals surface area contributed by atoms with Crippen LogP contribution in [0.25, 0.3) is 0 Å². The number of imide groups is 1. The Balaban J connectivity index is 2.46. The summed E-state index contributed by atoms with van der Waals surface area (Å²) in [6.45, 7) is 4.46. The fraction of sp³-hybridized carbons (Fsp3) is 0.917. The number of carbonyl (C=O) groups is 2. The minimum Gasteiger partial charge on any atom is -0.441 e. The van der Waals surface area contributed by atoms with Crippen molar-refractivity contribution >= 4 is 19.8 Å². The molecule has 0 saturated carbocycles. The molecule has 2 amide bonds. The summed E-state index contributed by atoms with van der Waals surface area (Å²) >= 11 is 0. The highest BCUT2D eigenvalue weighted by Gasteiger charge is 2.45. The number of cyclic esters (lactones) is 1. The molecule has 9 nitrogen and oxygen atoms in total. The van der Waals surface area contributed by atoms with E-state index in [2.05, 4.69) is 6.92 Å². The van der Waals surface area contributed by atoms with Crippen molar-refractivity contribution in [1.82, 2.24) is 4.90 Å². The van der Waals surface area contributed by atoms with Gasteiger partial charge in [-0.3, -0.25) is 13.8 Å². The lowest BCUT2D eigenvalue weighted by Gasteiger charge is -2.25. The molecule has 1 saturated heterocycles. The van der Waals surface area contributed by atoms with Gasteiger partial charge < -0.3 is 14.1 Å². The summed E-state index contributed by atoms with van der Waals surface area (Å²) in [5, 5.41) is 0. The second-order valence-electron chi connectivity index (χ2n) is 10.2. The molecule has 200 valence electrons. The molecular weight excluding hydrogens is 459 g/mol. The predicted octanol–water partition coefficient (Wildman–Crippen LogP) is 5.26. The summed E-state index contributed by atoms with van der Waals surface area (Å²) in [6, 6.07) is -0.505. The Labute approximate surface area is 206 Å². The Morgan fingerprint density at radius 2 is 1.59 bits per heavy atom. The summed E-state index contributed by atoms with van der Waals surface area (Å²) in [6.07, 6.45) is 10.4. The van der Waals surface area contributed by atoms with Crippen LogP contribution in [-0.4, -0.2) is 79.3 Å². The Hall–Kier alpha value is -0.990. The highest BCUT2D eigenvalue weighted by Crippen LogP contribution is 2.44. The maximum Gasteiger partial charge on any atom is 0.472 e. The van der Waals surface area contributed by atoms with Gasteiger partial charge in [-0.1, -0.05) is 71.6 Å². The smallest absolute Gasteiger partial charge is 0.441 e. The molecule has 1 aliphatic heterocycles. The minimum atomic E-state index is -4.28. The van der Waals surface area contributed by atoms with Crippen LogP contribution in [0.1, 0.15) is 90.9 Å². The topological polar surface area (TPSA) is 102 Å². The van der Waals surface area contributed by atoms with Gasteiger partial charge in [0.2, 0.25) is 5.91 Å². The first-order valence-corrected chi connectivity index (χ1v) is 14.4. The molecule has 1 aliphatic rings. The third-order valence-electron chi connectivity index (χ3n) is 5.98. The third-order valence-corrected chi connectivity index (χ3v) is 6.96. The van der Waals surface area contributed by atoms with E-state index < -0.39 is 26.1 Å². The maximum absolute atomic E-state index is 12.8. The molecule has 10 heteroatoms. The SMILES string of the molecule is CCCCCCCCCCCC(=O)N1C(=O)O[C@H](COP(=O)(O)OCC[N+](C)(C)C)[C@H]1CCC. The van der Waals surface area contributed by atoms with Gasteiger partial charge in [-0.2, -0.15) is 0 Å². The number of hydrogen-bond acceptors (Lipinski definition) is 6. The third kappa shape index (κ3) is 12.6. The van der Waals surface area contributed by atoms with Crippen LogP contribution in [-0.2, 0) is 23.1 Å². The lowest BCUT2D eigenvalue weighted by Crippen LogP contribution is -2.42. The standard InChI is InChI=1S/C24H47N2O7P/c1-6-8-9-10-11-12-13-14-15-17-23(27)25-21(16-7-2)22(33-24(25)28)20-32-34(29,30)31-19-18-26(3,4)5/h21-22H,6-20H2,1-5H3/p+1/t21-,22-/m1/s1. The minimum absolute atomic E-state index is 0.0590. The fourth-order valence-electron chi connectivity index (χ4n) is 3.95.